The third kappa shape index (κ3) is 2.51. The summed E-state index contributed by atoms with van der Waals surface area (Å²) in [6.45, 7) is 2.11. The van der Waals surface area contributed by atoms with Crippen molar-refractivity contribution in [3.8, 4) is 0 Å². The molecule has 2 nitrogen and oxygen atoms in total. The molecule has 0 saturated carbocycles. The molecule has 2 N–H and O–H groups in total. The number of halogens is 1. The Kier molecular flexibility index (Phi) is 3.74. The van der Waals surface area contributed by atoms with E-state index in [0.29, 0.717) is 0 Å². The third-order valence-electron chi connectivity index (χ3n) is 2.62. The highest BCUT2D eigenvalue weighted by atomic mass is 79.9. The van der Waals surface area contributed by atoms with Crippen LogP contribution in [0.5, 0.6) is 0 Å². The van der Waals surface area contributed by atoms with Crippen LogP contribution < -0.4 is 5.73 Å². The number of pyridine rings is 1. The number of aromatic nitrogens is 1. The van der Waals surface area contributed by atoms with Gasteiger partial charge in [0.2, 0.25) is 0 Å². The molecule has 0 spiro atoms. The summed E-state index contributed by atoms with van der Waals surface area (Å²) < 4.78 is 1.12. The fraction of sp³-hybridized carbons (Fsp3) is 0.250. The van der Waals surface area contributed by atoms with Crippen molar-refractivity contribution in [3.63, 3.8) is 0 Å². The first-order valence-corrected chi connectivity index (χ1v) is 6.71. The van der Waals surface area contributed by atoms with Gasteiger partial charge in [0, 0.05) is 28.7 Å². The minimum Gasteiger partial charge on any atom is -0.323 e. The monoisotopic (exact) mass is 296 g/mol. The molecule has 16 heavy (non-hydrogen) atoms. The molecule has 2 rings (SSSR count). The first kappa shape index (κ1) is 11.8. The molecule has 0 aliphatic heterocycles. The topological polar surface area (TPSA) is 38.9 Å². The van der Waals surface area contributed by atoms with Crippen molar-refractivity contribution in [2.45, 2.75) is 18.9 Å². The lowest BCUT2D eigenvalue weighted by Crippen LogP contribution is -2.17. The molecule has 0 aliphatic carbocycles. The first-order chi connectivity index (χ1) is 7.68. The van der Waals surface area contributed by atoms with Crippen molar-refractivity contribution in [1.82, 2.24) is 4.98 Å². The lowest BCUT2D eigenvalue weighted by Gasteiger charge is -2.17. The molecule has 84 valence electrons. The summed E-state index contributed by atoms with van der Waals surface area (Å²) >= 11 is 5.14. The van der Waals surface area contributed by atoms with Gasteiger partial charge in [0.15, 0.2) is 0 Å². The average Bonchev–Trinajstić information content (AvgIpc) is 2.75. The van der Waals surface area contributed by atoms with Gasteiger partial charge in [-0.05, 0) is 40.2 Å². The van der Waals surface area contributed by atoms with Crippen molar-refractivity contribution in [2.24, 2.45) is 5.73 Å². The van der Waals surface area contributed by atoms with Crippen molar-refractivity contribution in [2.75, 3.05) is 0 Å². The number of hydrogen-bond donors (Lipinski definition) is 1. The molecule has 4 heteroatoms. The van der Waals surface area contributed by atoms with E-state index in [-0.39, 0.29) is 12.0 Å². The Bertz CT molecular complexity index is 455. The molecular formula is C12H13BrN2S. The van der Waals surface area contributed by atoms with Crippen LogP contribution in [0.2, 0.25) is 0 Å². The van der Waals surface area contributed by atoms with E-state index in [1.807, 2.05) is 30.5 Å². The SMILES string of the molecule is CC(c1ccccn1)C(N)c1ccc(Br)s1. The number of rotatable bonds is 3. The molecule has 2 unspecified atom stereocenters. The highest BCUT2D eigenvalue weighted by Gasteiger charge is 2.18. The van der Waals surface area contributed by atoms with Crippen LogP contribution in [0.3, 0.4) is 0 Å². The van der Waals surface area contributed by atoms with Gasteiger partial charge in [0.1, 0.15) is 0 Å². The second kappa shape index (κ2) is 5.08. The zero-order valence-electron chi connectivity index (χ0n) is 8.93. The lowest BCUT2D eigenvalue weighted by atomic mass is 9.97. The quantitative estimate of drug-likeness (QED) is 0.938. The Labute approximate surface area is 108 Å². The smallest absolute Gasteiger partial charge is 0.0701 e. The summed E-state index contributed by atoms with van der Waals surface area (Å²) in [5.74, 6) is 0.228. The van der Waals surface area contributed by atoms with Gasteiger partial charge in [-0.15, -0.1) is 11.3 Å². The summed E-state index contributed by atoms with van der Waals surface area (Å²) in [4.78, 5) is 5.53. The Morgan fingerprint density at radius 1 is 1.31 bits per heavy atom. The molecule has 0 fully saturated rings. The van der Waals surface area contributed by atoms with Crippen LogP contribution in [0, 0.1) is 0 Å². The predicted octanol–water partition coefficient (Wildman–Crippen LogP) is 3.71. The van der Waals surface area contributed by atoms with Crippen molar-refractivity contribution in [1.29, 1.82) is 0 Å². The van der Waals surface area contributed by atoms with Crippen LogP contribution >= 0.6 is 27.3 Å². The summed E-state index contributed by atoms with van der Waals surface area (Å²) in [7, 11) is 0. The van der Waals surface area contributed by atoms with E-state index in [0.717, 1.165) is 9.48 Å². The number of nitrogens with zero attached hydrogens (tertiary/aromatic N) is 1. The molecule has 0 aliphatic rings. The van der Waals surface area contributed by atoms with Crippen LogP contribution in [0.25, 0.3) is 0 Å². The number of thiophene rings is 1. The van der Waals surface area contributed by atoms with E-state index in [4.69, 9.17) is 5.73 Å². The van der Waals surface area contributed by atoms with Crippen LogP contribution in [-0.4, -0.2) is 4.98 Å². The molecule has 0 amide bonds. The van der Waals surface area contributed by atoms with Gasteiger partial charge in [-0.2, -0.15) is 0 Å². The lowest BCUT2D eigenvalue weighted by molar-refractivity contribution is 0.592. The summed E-state index contributed by atoms with van der Waals surface area (Å²) in [6, 6.07) is 10.0. The van der Waals surface area contributed by atoms with Gasteiger partial charge in [-0.1, -0.05) is 13.0 Å². The predicted molar refractivity (Wildman–Crippen MR) is 71.6 cm³/mol. The van der Waals surface area contributed by atoms with Crippen molar-refractivity contribution < 1.29 is 0 Å². The number of nitrogens with two attached hydrogens (primary N) is 1. The minimum atomic E-state index is 0.00574. The second-order valence-electron chi connectivity index (χ2n) is 3.71. The zero-order valence-corrected chi connectivity index (χ0v) is 11.3. The van der Waals surface area contributed by atoms with Gasteiger partial charge in [0.25, 0.3) is 0 Å². The third-order valence-corrected chi connectivity index (χ3v) is 4.34. The fourth-order valence-electron chi connectivity index (χ4n) is 1.58. The highest BCUT2D eigenvalue weighted by Crippen LogP contribution is 2.33. The van der Waals surface area contributed by atoms with E-state index in [1.165, 1.54) is 4.88 Å². The number of hydrogen-bond acceptors (Lipinski definition) is 3. The Balaban J connectivity index is 2.19. The standard InChI is InChI=1S/C12H13BrN2S/c1-8(9-4-2-3-7-15-9)12(14)10-5-6-11(13)16-10/h2-8,12H,14H2,1H3. The first-order valence-electron chi connectivity index (χ1n) is 5.10. The van der Waals surface area contributed by atoms with Crippen LogP contribution in [0.4, 0.5) is 0 Å². The molecule has 0 bridgehead atoms. The van der Waals surface area contributed by atoms with E-state index in [2.05, 4.69) is 33.9 Å². The maximum atomic E-state index is 6.23. The van der Waals surface area contributed by atoms with E-state index in [9.17, 15) is 0 Å². The minimum absolute atomic E-state index is 0.00574. The molecule has 2 aromatic rings. The second-order valence-corrected chi connectivity index (χ2v) is 6.21. The van der Waals surface area contributed by atoms with Crippen LogP contribution in [0.15, 0.2) is 40.3 Å². The molecule has 2 atom stereocenters. The van der Waals surface area contributed by atoms with Crippen LogP contribution in [0.1, 0.15) is 29.5 Å². The molecule has 0 saturated heterocycles. The molecule has 0 aromatic carbocycles. The van der Waals surface area contributed by atoms with E-state index in [1.54, 1.807) is 11.3 Å². The Morgan fingerprint density at radius 3 is 2.69 bits per heavy atom. The molecule has 2 aromatic heterocycles. The molecule has 2 heterocycles. The molecule has 0 radical (unpaired) electrons. The fourth-order valence-corrected chi connectivity index (χ4v) is 3.11. The maximum Gasteiger partial charge on any atom is 0.0701 e. The van der Waals surface area contributed by atoms with Gasteiger partial charge in [-0.25, -0.2) is 0 Å². The van der Waals surface area contributed by atoms with E-state index >= 15 is 0 Å². The highest BCUT2D eigenvalue weighted by molar-refractivity contribution is 9.11. The van der Waals surface area contributed by atoms with Gasteiger partial charge in [-0.3, -0.25) is 4.98 Å². The van der Waals surface area contributed by atoms with Gasteiger partial charge < -0.3 is 5.73 Å². The van der Waals surface area contributed by atoms with E-state index < -0.39 is 0 Å². The molecular weight excluding hydrogens is 284 g/mol. The van der Waals surface area contributed by atoms with Crippen molar-refractivity contribution in [3.05, 3.63) is 50.9 Å². The zero-order chi connectivity index (χ0) is 11.5. The average molecular weight is 297 g/mol. The van der Waals surface area contributed by atoms with Gasteiger partial charge in [0.05, 0.1) is 3.79 Å². The summed E-state index contributed by atoms with van der Waals surface area (Å²) in [5, 5.41) is 0. The summed E-state index contributed by atoms with van der Waals surface area (Å²) in [5.41, 5.74) is 7.27. The Morgan fingerprint density at radius 2 is 2.12 bits per heavy atom. The normalized spacial score (nSPS) is 14.7. The van der Waals surface area contributed by atoms with Crippen LogP contribution in [-0.2, 0) is 0 Å². The largest absolute Gasteiger partial charge is 0.323 e. The van der Waals surface area contributed by atoms with Gasteiger partial charge >= 0.3 is 0 Å². The maximum absolute atomic E-state index is 6.23. The summed E-state index contributed by atoms with van der Waals surface area (Å²) in [6.07, 6.45) is 1.81. The Hall–Kier alpha value is -0.710. The van der Waals surface area contributed by atoms with Crippen molar-refractivity contribution >= 4 is 27.3 Å².